The van der Waals surface area contributed by atoms with Crippen molar-refractivity contribution in [3.05, 3.63) is 52.3 Å². The second kappa shape index (κ2) is 7.86. The van der Waals surface area contributed by atoms with Crippen LogP contribution in [0.3, 0.4) is 0 Å². The zero-order chi connectivity index (χ0) is 18.4. The zero-order valence-corrected chi connectivity index (χ0v) is 12.3. The summed E-state index contributed by atoms with van der Waals surface area (Å²) in [7, 11) is 0. The zero-order valence-electron chi connectivity index (χ0n) is 12.3. The SMILES string of the molecule is O=C(COC(=O)c1ccc([N+](=O)[O-])o1)Nc1ccccc1OC(F)F. The average molecular weight is 356 g/mol. The molecule has 2 rings (SSSR count). The van der Waals surface area contributed by atoms with Crippen LogP contribution in [0.1, 0.15) is 10.6 Å². The van der Waals surface area contributed by atoms with Gasteiger partial charge in [0.1, 0.15) is 10.7 Å². The van der Waals surface area contributed by atoms with Gasteiger partial charge in [-0.3, -0.25) is 14.9 Å². The number of hydrogen-bond acceptors (Lipinski definition) is 7. The maximum atomic E-state index is 12.3. The van der Waals surface area contributed by atoms with Gasteiger partial charge in [0.25, 0.3) is 5.91 Å². The maximum Gasteiger partial charge on any atom is 0.433 e. The molecule has 25 heavy (non-hydrogen) atoms. The lowest BCUT2D eigenvalue weighted by Gasteiger charge is -2.11. The molecule has 0 aliphatic rings. The number of nitrogens with one attached hydrogen (secondary N) is 1. The van der Waals surface area contributed by atoms with E-state index in [0.717, 1.165) is 12.1 Å². The van der Waals surface area contributed by atoms with Crippen LogP contribution in [-0.4, -0.2) is 30.0 Å². The van der Waals surface area contributed by atoms with Crippen LogP contribution in [0.5, 0.6) is 5.75 Å². The van der Waals surface area contributed by atoms with Crippen molar-refractivity contribution in [3.63, 3.8) is 0 Å². The number of anilines is 1. The van der Waals surface area contributed by atoms with Crippen LogP contribution in [0, 0.1) is 10.1 Å². The van der Waals surface area contributed by atoms with Crippen LogP contribution >= 0.6 is 0 Å². The minimum Gasteiger partial charge on any atom is -0.450 e. The average Bonchev–Trinajstić information content (AvgIpc) is 3.04. The highest BCUT2D eigenvalue weighted by molar-refractivity contribution is 5.95. The van der Waals surface area contributed by atoms with E-state index >= 15 is 0 Å². The van der Waals surface area contributed by atoms with Gasteiger partial charge in [-0.2, -0.15) is 8.78 Å². The summed E-state index contributed by atoms with van der Waals surface area (Å²) in [6.45, 7) is -3.85. The van der Waals surface area contributed by atoms with Crippen molar-refractivity contribution in [2.45, 2.75) is 6.61 Å². The number of alkyl halides is 2. The topological polar surface area (TPSA) is 121 Å². The fourth-order valence-electron chi connectivity index (χ4n) is 1.69. The standard InChI is InChI=1S/C14H10F2N2O7/c15-14(16)25-9-4-2-1-3-8(9)17-11(19)7-23-13(20)10-5-6-12(24-10)18(21)22/h1-6,14H,7H2,(H,17,19). The highest BCUT2D eigenvalue weighted by Crippen LogP contribution is 2.25. The first-order valence-electron chi connectivity index (χ1n) is 6.62. The number of carbonyl (C=O) groups is 2. The van der Waals surface area contributed by atoms with Crippen LogP contribution < -0.4 is 10.1 Å². The Labute approximate surface area is 138 Å². The van der Waals surface area contributed by atoms with E-state index < -0.39 is 41.7 Å². The number of hydrogen-bond donors (Lipinski definition) is 1. The molecule has 0 aliphatic carbocycles. The van der Waals surface area contributed by atoms with Gasteiger partial charge in [-0.15, -0.1) is 0 Å². The van der Waals surface area contributed by atoms with E-state index in [-0.39, 0.29) is 11.4 Å². The molecule has 1 aromatic heterocycles. The molecule has 132 valence electrons. The summed E-state index contributed by atoms with van der Waals surface area (Å²) < 4.78 is 38.0. The molecule has 0 radical (unpaired) electrons. The van der Waals surface area contributed by atoms with Crippen molar-refractivity contribution < 1.29 is 37.2 Å². The molecule has 0 saturated heterocycles. The Morgan fingerprint density at radius 1 is 1.24 bits per heavy atom. The quantitative estimate of drug-likeness (QED) is 0.460. The van der Waals surface area contributed by atoms with Gasteiger partial charge in [-0.25, -0.2) is 4.79 Å². The first kappa shape index (κ1) is 17.8. The second-order valence-electron chi connectivity index (χ2n) is 4.39. The molecule has 2 aromatic rings. The monoisotopic (exact) mass is 356 g/mol. The summed E-state index contributed by atoms with van der Waals surface area (Å²) in [4.78, 5) is 32.9. The van der Waals surface area contributed by atoms with E-state index in [4.69, 9.17) is 0 Å². The molecule has 9 nitrogen and oxygen atoms in total. The molecule has 1 amide bonds. The van der Waals surface area contributed by atoms with Gasteiger partial charge >= 0.3 is 18.5 Å². The van der Waals surface area contributed by atoms with E-state index in [0.29, 0.717) is 0 Å². The summed E-state index contributed by atoms with van der Waals surface area (Å²) in [5.41, 5.74) is -0.0440. The van der Waals surface area contributed by atoms with Gasteiger partial charge in [-0.1, -0.05) is 12.1 Å². The summed E-state index contributed by atoms with van der Waals surface area (Å²) in [5, 5.41) is 12.7. The van der Waals surface area contributed by atoms with Crippen molar-refractivity contribution >= 4 is 23.4 Å². The van der Waals surface area contributed by atoms with Gasteiger partial charge in [0, 0.05) is 0 Å². The number of nitrogens with zero attached hydrogens (tertiary/aromatic N) is 1. The highest BCUT2D eigenvalue weighted by Gasteiger charge is 2.19. The Kier molecular flexibility index (Phi) is 5.61. The molecule has 1 aromatic carbocycles. The van der Waals surface area contributed by atoms with Crippen LogP contribution in [0.15, 0.2) is 40.8 Å². The van der Waals surface area contributed by atoms with E-state index in [2.05, 4.69) is 19.2 Å². The van der Waals surface area contributed by atoms with E-state index in [1.807, 2.05) is 0 Å². The lowest BCUT2D eigenvalue weighted by Crippen LogP contribution is -2.21. The van der Waals surface area contributed by atoms with Crippen molar-refractivity contribution in [2.24, 2.45) is 0 Å². The number of ether oxygens (including phenoxy) is 2. The van der Waals surface area contributed by atoms with Crippen LogP contribution in [0.2, 0.25) is 0 Å². The Balaban J connectivity index is 1.92. The number of esters is 1. The number of halogens is 2. The Bertz CT molecular complexity index is 791. The molecule has 0 unspecified atom stereocenters. The van der Waals surface area contributed by atoms with Gasteiger partial charge in [-0.05, 0) is 18.2 Å². The summed E-state index contributed by atoms with van der Waals surface area (Å²) in [5.74, 6) is -3.31. The van der Waals surface area contributed by atoms with Crippen LogP contribution in [-0.2, 0) is 9.53 Å². The van der Waals surface area contributed by atoms with E-state index in [1.165, 1.54) is 24.3 Å². The number of nitro groups is 1. The van der Waals surface area contributed by atoms with Crippen LogP contribution in [0.25, 0.3) is 0 Å². The summed E-state index contributed by atoms with van der Waals surface area (Å²) in [6, 6.07) is 7.40. The number of rotatable bonds is 7. The van der Waals surface area contributed by atoms with Crippen molar-refractivity contribution in [1.82, 2.24) is 0 Å². The number of amides is 1. The van der Waals surface area contributed by atoms with Crippen molar-refractivity contribution in [1.29, 1.82) is 0 Å². The Hall–Kier alpha value is -3.50. The first-order chi connectivity index (χ1) is 11.9. The van der Waals surface area contributed by atoms with Gasteiger partial charge in [0.05, 0.1) is 11.8 Å². The number of para-hydroxylation sites is 2. The fourth-order valence-corrected chi connectivity index (χ4v) is 1.69. The normalized spacial score (nSPS) is 10.4. The number of furan rings is 1. The molecule has 11 heteroatoms. The predicted molar refractivity (Wildman–Crippen MR) is 77.3 cm³/mol. The molecular weight excluding hydrogens is 346 g/mol. The molecule has 0 spiro atoms. The molecular formula is C14H10F2N2O7. The largest absolute Gasteiger partial charge is 0.450 e. The minimum absolute atomic E-state index is 0.0440. The summed E-state index contributed by atoms with van der Waals surface area (Å²) in [6.07, 6.45) is 0. The second-order valence-corrected chi connectivity index (χ2v) is 4.39. The molecule has 0 atom stereocenters. The maximum absolute atomic E-state index is 12.3. The third-order valence-corrected chi connectivity index (χ3v) is 2.68. The summed E-state index contributed by atoms with van der Waals surface area (Å²) >= 11 is 0. The number of benzene rings is 1. The van der Waals surface area contributed by atoms with E-state index in [1.54, 1.807) is 0 Å². The van der Waals surface area contributed by atoms with Crippen molar-refractivity contribution in [2.75, 3.05) is 11.9 Å². The molecule has 0 bridgehead atoms. The van der Waals surface area contributed by atoms with Crippen LogP contribution in [0.4, 0.5) is 20.4 Å². The Morgan fingerprint density at radius 2 is 1.96 bits per heavy atom. The van der Waals surface area contributed by atoms with Gasteiger partial charge < -0.3 is 19.2 Å². The Morgan fingerprint density at radius 3 is 2.60 bits per heavy atom. The molecule has 0 aliphatic heterocycles. The third-order valence-electron chi connectivity index (χ3n) is 2.68. The smallest absolute Gasteiger partial charge is 0.433 e. The minimum atomic E-state index is -3.08. The lowest BCUT2D eigenvalue weighted by atomic mass is 10.3. The van der Waals surface area contributed by atoms with Gasteiger partial charge in [0.2, 0.25) is 5.76 Å². The van der Waals surface area contributed by atoms with E-state index in [9.17, 15) is 28.5 Å². The van der Waals surface area contributed by atoms with Crippen molar-refractivity contribution in [3.8, 4) is 5.75 Å². The molecule has 0 fully saturated rings. The highest BCUT2D eigenvalue weighted by atomic mass is 19.3. The molecule has 0 saturated carbocycles. The molecule has 1 N–H and O–H groups in total. The fraction of sp³-hybridized carbons (Fsp3) is 0.143. The first-order valence-corrected chi connectivity index (χ1v) is 6.62. The molecule has 1 heterocycles. The van der Waals surface area contributed by atoms with Gasteiger partial charge in [0.15, 0.2) is 6.61 Å². The lowest BCUT2D eigenvalue weighted by molar-refractivity contribution is -0.402. The number of carbonyl (C=O) groups excluding carboxylic acids is 2. The predicted octanol–water partition coefficient (Wildman–Crippen LogP) is 2.58. The third kappa shape index (κ3) is 4.99.